The number of ether oxygens (including phenoxy) is 2. The van der Waals surface area contributed by atoms with Crippen molar-refractivity contribution in [1.82, 2.24) is 0 Å². The lowest BCUT2D eigenvalue weighted by molar-refractivity contribution is 0.171. The average Bonchev–Trinajstić information content (AvgIpc) is 2.47. The number of anilines is 2. The molecule has 0 saturated heterocycles. The number of hydrogen-bond donors (Lipinski definition) is 1. The van der Waals surface area contributed by atoms with Crippen molar-refractivity contribution in [2.45, 2.75) is 6.42 Å². The van der Waals surface area contributed by atoms with Crippen LogP contribution < -0.4 is 20.1 Å². The van der Waals surface area contributed by atoms with Gasteiger partial charge in [0.15, 0.2) is 11.5 Å². The summed E-state index contributed by atoms with van der Waals surface area (Å²) in [5, 5.41) is 0. The van der Waals surface area contributed by atoms with Gasteiger partial charge in [-0.15, -0.1) is 0 Å². The number of nitrogen functional groups attached to an aromatic ring is 1. The molecule has 2 aromatic rings. The van der Waals surface area contributed by atoms with Gasteiger partial charge in [0.05, 0.1) is 11.4 Å². The minimum atomic E-state index is 0.612. The molecule has 0 radical (unpaired) electrons. The molecule has 1 aliphatic heterocycles. The predicted molar refractivity (Wildman–Crippen MR) is 85.4 cm³/mol. The largest absolute Gasteiger partial charge is 0.486 e. The number of rotatable bonds is 3. The molecule has 0 fully saturated rings. The minimum Gasteiger partial charge on any atom is -0.486 e. The molecule has 3 rings (SSSR count). The minimum absolute atomic E-state index is 0.612. The van der Waals surface area contributed by atoms with Crippen LogP contribution in [0, 0.1) is 0 Å². The zero-order chi connectivity index (χ0) is 14.8. The smallest absolute Gasteiger partial charge is 0.161 e. The lowest BCUT2D eigenvalue weighted by Crippen LogP contribution is -2.15. The van der Waals surface area contributed by atoms with E-state index in [9.17, 15) is 0 Å². The van der Waals surface area contributed by atoms with E-state index in [2.05, 4.69) is 18.2 Å². The van der Waals surface area contributed by atoms with E-state index >= 15 is 0 Å². The van der Waals surface area contributed by atoms with Crippen molar-refractivity contribution in [1.29, 1.82) is 0 Å². The van der Waals surface area contributed by atoms with Gasteiger partial charge >= 0.3 is 0 Å². The highest BCUT2D eigenvalue weighted by Crippen LogP contribution is 2.32. The number of hydrogen-bond acceptors (Lipinski definition) is 4. The first-order valence-electron chi connectivity index (χ1n) is 7.08. The fourth-order valence-corrected chi connectivity index (χ4v) is 2.55. The van der Waals surface area contributed by atoms with Crippen LogP contribution >= 0.6 is 0 Å². The van der Waals surface area contributed by atoms with Gasteiger partial charge in [0.1, 0.15) is 13.2 Å². The molecule has 2 aromatic carbocycles. The summed E-state index contributed by atoms with van der Waals surface area (Å²) < 4.78 is 11.2. The first-order valence-corrected chi connectivity index (χ1v) is 7.08. The number of benzene rings is 2. The molecule has 0 bridgehead atoms. The van der Waals surface area contributed by atoms with Crippen LogP contribution in [0.1, 0.15) is 11.1 Å². The van der Waals surface area contributed by atoms with Crippen LogP contribution in [0.4, 0.5) is 11.4 Å². The van der Waals surface area contributed by atoms with Gasteiger partial charge in [0.2, 0.25) is 0 Å². The second-order valence-corrected chi connectivity index (χ2v) is 5.44. The predicted octanol–water partition coefficient (Wildman–Crippen LogP) is 2.70. The molecule has 110 valence electrons. The molecule has 0 spiro atoms. The first-order chi connectivity index (χ1) is 10.1. The Kier molecular flexibility index (Phi) is 3.60. The van der Waals surface area contributed by atoms with E-state index < -0.39 is 0 Å². The molecule has 21 heavy (non-hydrogen) atoms. The molecule has 1 heterocycles. The lowest BCUT2D eigenvalue weighted by atomic mass is 10.0. The summed E-state index contributed by atoms with van der Waals surface area (Å²) in [5.41, 5.74) is 10.3. The van der Waals surface area contributed by atoms with Gasteiger partial charge in [-0.1, -0.05) is 12.1 Å². The zero-order valence-electron chi connectivity index (χ0n) is 12.4. The van der Waals surface area contributed by atoms with Gasteiger partial charge in [-0.05, 0) is 41.8 Å². The van der Waals surface area contributed by atoms with Gasteiger partial charge in [0.25, 0.3) is 0 Å². The van der Waals surface area contributed by atoms with E-state index in [0.29, 0.717) is 13.2 Å². The highest BCUT2D eigenvalue weighted by molar-refractivity contribution is 5.68. The summed E-state index contributed by atoms with van der Waals surface area (Å²) in [6.45, 7) is 1.23. The van der Waals surface area contributed by atoms with Crippen LogP contribution in [0.2, 0.25) is 0 Å². The first kappa shape index (κ1) is 13.6. The normalized spacial score (nSPS) is 13.0. The Morgan fingerprint density at radius 3 is 2.33 bits per heavy atom. The maximum atomic E-state index is 6.10. The number of fused-ring (bicyclic) bond motifs is 1. The van der Waals surface area contributed by atoms with Gasteiger partial charge in [-0.3, -0.25) is 0 Å². The maximum absolute atomic E-state index is 6.10. The van der Waals surface area contributed by atoms with E-state index in [1.807, 2.05) is 37.2 Å². The average molecular weight is 284 g/mol. The molecule has 0 saturated carbocycles. The summed E-state index contributed by atoms with van der Waals surface area (Å²) in [5.74, 6) is 1.66. The lowest BCUT2D eigenvalue weighted by Gasteiger charge is -2.19. The Morgan fingerprint density at radius 2 is 1.62 bits per heavy atom. The van der Waals surface area contributed by atoms with Crippen molar-refractivity contribution in [2.75, 3.05) is 37.9 Å². The fourth-order valence-electron chi connectivity index (χ4n) is 2.55. The molecule has 0 aromatic heterocycles. The topological polar surface area (TPSA) is 47.7 Å². The van der Waals surface area contributed by atoms with E-state index in [1.165, 1.54) is 11.1 Å². The van der Waals surface area contributed by atoms with Crippen LogP contribution in [-0.4, -0.2) is 27.3 Å². The Bertz CT molecular complexity index is 653. The van der Waals surface area contributed by atoms with Crippen molar-refractivity contribution in [2.24, 2.45) is 0 Å². The highest BCUT2D eigenvalue weighted by Gasteiger charge is 2.12. The Hall–Kier alpha value is -2.36. The number of nitrogens with zero attached hydrogens (tertiary/aromatic N) is 1. The molecule has 0 unspecified atom stereocenters. The van der Waals surface area contributed by atoms with Gasteiger partial charge in [-0.25, -0.2) is 0 Å². The second-order valence-electron chi connectivity index (χ2n) is 5.44. The number of nitrogens with two attached hydrogens (primary N) is 1. The van der Waals surface area contributed by atoms with Crippen LogP contribution in [0.3, 0.4) is 0 Å². The third-order valence-electron chi connectivity index (χ3n) is 3.59. The Morgan fingerprint density at radius 1 is 0.952 bits per heavy atom. The van der Waals surface area contributed by atoms with Gasteiger partial charge in [0, 0.05) is 14.1 Å². The van der Waals surface area contributed by atoms with Gasteiger partial charge in [-0.2, -0.15) is 0 Å². The monoisotopic (exact) mass is 284 g/mol. The molecular formula is C17H20N2O2. The van der Waals surface area contributed by atoms with Crippen molar-refractivity contribution in [3.8, 4) is 11.5 Å². The third-order valence-corrected chi connectivity index (χ3v) is 3.59. The summed E-state index contributed by atoms with van der Waals surface area (Å²) in [6.07, 6.45) is 0.828. The molecule has 4 nitrogen and oxygen atoms in total. The maximum Gasteiger partial charge on any atom is 0.161 e. The third kappa shape index (κ3) is 2.89. The standard InChI is InChI=1S/C17H20N2O2/c1-19(2)15-5-3-12(10-14(15)18)9-13-4-6-16-17(11-13)21-8-7-20-16/h3-6,10-11H,7-9,18H2,1-2H3. The SMILES string of the molecule is CN(C)c1ccc(Cc2ccc3c(c2)OCCO3)cc1N. The summed E-state index contributed by atoms with van der Waals surface area (Å²) >= 11 is 0. The van der Waals surface area contributed by atoms with Crippen molar-refractivity contribution >= 4 is 11.4 Å². The molecule has 1 aliphatic rings. The zero-order valence-corrected chi connectivity index (χ0v) is 12.4. The summed E-state index contributed by atoms with van der Waals surface area (Å²) in [6, 6.07) is 12.3. The van der Waals surface area contributed by atoms with Crippen molar-refractivity contribution in [3.63, 3.8) is 0 Å². The van der Waals surface area contributed by atoms with E-state index in [4.69, 9.17) is 15.2 Å². The molecule has 2 N–H and O–H groups in total. The summed E-state index contributed by atoms with van der Waals surface area (Å²) in [7, 11) is 3.98. The van der Waals surface area contributed by atoms with Crippen LogP contribution in [0.15, 0.2) is 36.4 Å². The second kappa shape index (κ2) is 5.56. The molecule has 4 heteroatoms. The van der Waals surface area contributed by atoms with E-state index in [0.717, 1.165) is 29.3 Å². The van der Waals surface area contributed by atoms with Crippen LogP contribution in [-0.2, 0) is 6.42 Å². The fraction of sp³-hybridized carbons (Fsp3) is 0.294. The molecule has 0 amide bonds. The van der Waals surface area contributed by atoms with E-state index in [-0.39, 0.29) is 0 Å². The molecule has 0 aliphatic carbocycles. The van der Waals surface area contributed by atoms with Gasteiger partial charge < -0.3 is 20.1 Å². The Balaban J connectivity index is 1.82. The van der Waals surface area contributed by atoms with Crippen molar-refractivity contribution in [3.05, 3.63) is 47.5 Å². The van der Waals surface area contributed by atoms with Crippen LogP contribution in [0.25, 0.3) is 0 Å². The summed E-state index contributed by atoms with van der Waals surface area (Å²) in [4.78, 5) is 2.02. The Labute approximate surface area is 125 Å². The highest BCUT2D eigenvalue weighted by atomic mass is 16.6. The molecule has 0 atom stereocenters. The van der Waals surface area contributed by atoms with Crippen molar-refractivity contribution < 1.29 is 9.47 Å². The van der Waals surface area contributed by atoms with Crippen LogP contribution in [0.5, 0.6) is 11.5 Å². The quantitative estimate of drug-likeness (QED) is 0.880. The molecular weight excluding hydrogens is 264 g/mol. The van der Waals surface area contributed by atoms with E-state index in [1.54, 1.807) is 0 Å².